The van der Waals surface area contributed by atoms with Gasteiger partial charge >= 0.3 is 0 Å². The number of methoxy groups -OCH3 is 2. The summed E-state index contributed by atoms with van der Waals surface area (Å²) in [6.07, 6.45) is 0.304. The number of carbonyl (C=O) groups is 1. The van der Waals surface area contributed by atoms with E-state index in [2.05, 4.69) is 22.3 Å². The summed E-state index contributed by atoms with van der Waals surface area (Å²) in [5.41, 5.74) is 2.75. The van der Waals surface area contributed by atoms with Crippen LogP contribution in [0.25, 0.3) is 0 Å². The first-order valence-electron chi connectivity index (χ1n) is 8.63. The second-order valence-corrected chi connectivity index (χ2v) is 6.06. The second kappa shape index (κ2) is 8.58. The number of nitrogens with zero attached hydrogens (tertiary/aromatic N) is 1. The molecule has 0 atom stereocenters. The maximum atomic E-state index is 12.4. The summed E-state index contributed by atoms with van der Waals surface area (Å²) in [5.74, 6) is 1.16. The van der Waals surface area contributed by atoms with Gasteiger partial charge < -0.3 is 24.4 Å². The Balaban J connectivity index is 1.61. The molecule has 1 aliphatic heterocycles. The van der Waals surface area contributed by atoms with Gasteiger partial charge in [-0.05, 0) is 29.8 Å². The topological polar surface area (TPSA) is 60.0 Å². The van der Waals surface area contributed by atoms with Crippen molar-refractivity contribution in [2.75, 3.05) is 50.7 Å². The highest BCUT2D eigenvalue weighted by Crippen LogP contribution is 2.29. The number of morpholine rings is 1. The van der Waals surface area contributed by atoms with E-state index in [4.69, 9.17) is 14.2 Å². The van der Waals surface area contributed by atoms with Gasteiger partial charge in [-0.15, -0.1) is 0 Å². The van der Waals surface area contributed by atoms with Crippen LogP contribution in [0.4, 0.5) is 11.4 Å². The van der Waals surface area contributed by atoms with Crippen LogP contribution in [-0.4, -0.2) is 46.4 Å². The van der Waals surface area contributed by atoms with Crippen LogP contribution in [0, 0.1) is 0 Å². The van der Waals surface area contributed by atoms with Gasteiger partial charge in [-0.25, -0.2) is 0 Å². The first-order chi connectivity index (χ1) is 12.7. The molecule has 138 valence electrons. The molecule has 1 saturated heterocycles. The fraction of sp³-hybridized carbons (Fsp3) is 0.350. The summed E-state index contributed by atoms with van der Waals surface area (Å²) >= 11 is 0. The third-order valence-corrected chi connectivity index (χ3v) is 4.36. The van der Waals surface area contributed by atoms with Crippen LogP contribution in [0.5, 0.6) is 11.5 Å². The van der Waals surface area contributed by atoms with E-state index in [9.17, 15) is 4.79 Å². The molecule has 6 heteroatoms. The number of ether oxygens (including phenoxy) is 3. The molecule has 0 aliphatic carbocycles. The van der Waals surface area contributed by atoms with Gasteiger partial charge in [0.2, 0.25) is 5.91 Å². The van der Waals surface area contributed by atoms with E-state index >= 15 is 0 Å². The summed E-state index contributed by atoms with van der Waals surface area (Å²) in [4.78, 5) is 14.7. The molecule has 0 saturated carbocycles. The number of carbonyl (C=O) groups excluding carboxylic acids is 1. The molecule has 3 rings (SSSR count). The molecular weight excluding hydrogens is 332 g/mol. The van der Waals surface area contributed by atoms with Crippen LogP contribution in [0.1, 0.15) is 5.56 Å². The van der Waals surface area contributed by atoms with E-state index in [0.29, 0.717) is 23.6 Å². The number of benzene rings is 2. The van der Waals surface area contributed by atoms with Gasteiger partial charge in [-0.3, -0.25) is 4.79 Å². The molecule has 1 aliphatic rings. The van der Waals surface area contributed by atoms with Crippen LogP contribution in [0.3, 0.4) is 0 Å². The van der Waals surface area contributed by atoms with Crippen molar-refractivity contribution < 1.29 is 19.0 Å². The minimum atomic E-state index is -0.0902. The van der Waals surface area contributed by atoms with Crippen LogP contribution in [0.15, 0.2) is 42.5 Å². The Labute approximate surface area is 153 Å². The smallest absolute Gasteiger partial charge is 0.228 e. The van der Waals surface area contributed by atoms with Gasteiger partial charge in [0.05, 0.1) is 39.5 Å². The molecular formula is C20H24N2O4. The van der Waals surface area contributed by atoms with E-state index in [1.165, 1.54) is 0 Å². The minimum Gasteiger partial charge on any atom is -0.497 e. The Morgan fingerprint density at radius 1 is 1.08 bits per heavy atom. The van der Waals surface area contributed by atoms with E-state index in [0.717, 1.165) is 37.6 Å². The quantitative estimate of drug-likeness (QED) is 0.862. The minimum absolute atomic E-state index is 0.0902. The van der Waals surface area contributed by atoms with Crippen molar-refractivity contribution in [1.82, 2.24) is 0 Å². The molecule has 1 amide bonds. The predicted molar refractivity (Wildman–Crippen MR) is 101 cm³/mol. The van der Waals surface area contributed by atoms with Gasteiger partial charge in [0.25, 0.3) is 0 Å². The fourth-order valence-electron chi connectivity index (χ4n) is 2.93. The van der Waals surface area contributed by atoms with Gasteiger partial charge in [0, 0.05) is 24.8 Å². The SMILES string of the molecule is COc1ccc(NC(=O)Cc2ccc(N3CCOCC3)cc2)c(OC)c1. The van der Waals surface area contributed by atoms with Crippen LogP contribution >= 0.6 is 0 Å². The first kappa shape index (κ1) is 18.1. The van der Waals surface area contributed by atoms with Crippen molar-refractivity contribution in [1.29, 1.82) is 0 Å². The maximum absolute atomic E-state index is 12.4. The third-order valence-electron chi connectivity index (χ3n) is 4.36. The third kappa shape index (κ3) is 4.46. The Hall–Kier alpha value is -2.73. The summed E-state index contributed by atoms with van der Waals surface area (Å²) in [5, 5.41) is 2.89. The highest BCUT2D eigenvalue weighted by atomic mass is 16.5. The molecule has 6 nitrogen and oxygen atoms in total. The Morgan fingerprint density at radius 2 is 1.81 bits per heavy atom. The first-order valence-corrected chi connectivity index (χ1v) is 8.63. The number of hydrogen-bond acceptors (Lipinski definition) is 5. The van der Waals surface area contributed by atoms with E-state index in [1.54, 1.807) is 32.4 Å². The summed E-state index contributed by atoms with van der Waals surface area (Å²) in [6.45, 7) is 3.32. The number of amides is 1. The molecule has 2 aromatic carbocycles. The average molecular weight is 356 g/mol. The molecule has 0 aromatic heterocycles. The molecule has 0 radical (unpaired) electrons. The van der Waals surface area contributed by atoms with Gasteiger partial charge in [-0.2, -0.15) is 0 Å². The lowest BCUT2D eigenvalue weighted by Crippen LogP contribution is -2.36. The van der Waals surface area contributed by atoms with Crippen molar-refractivity contribution in [2.24, 2.45) is 0 Å². The largest absolute Gasteiger partial charge is 0.497 e. The van der Waals surface area contributed by atoms with Crippen molar-refractivity contribution in [3.8, 4) is 11.5 Å². The van der Waals surface area contributed by atoms with Gasteiger partial charge in [-0.1, -0.05) is 12.1 Å². The fourth-order valence-corrected chi connectivity index (χ4v) is 2.93. The summed E-state index contributed by atoms with van der Waals surface area (Å²) in [7, 11) is 3.16. The van der Waals surface area contributed by atoms with E-state index in [-0.39, 0.29) is 5.91 Å². The van der Waals surface area contributed by atoms with E-state index < -0.39 is 0 Å². The van der Waals surface area contributed by atoms with Crippen LogP contribution < -0.4 is 19.7 Å². The van der Waals surface area contributed by atoms with E-state index in [1.807, 2.05) is 12.1 Å². The number of nitrogens with one attached hydrogen (secondary N) is 1. The van der Waals surface area contributed by atoms with Crippen molar-refractivity contribution in [3.05, 3.63) is 48.0 Å². The Bertz CT molecular complexity index is 740. The lowest BCUT2D eigenvalue weighted by Gasteiger charge is -2.28. The molecule has 0 bridgehead atoms. The van der Waals surface area contributed by atoms with Crippen molar-refractivity contribution in [2.45, 2.75) is 6.42 Å². The van der Waals surface area contributed by atoms with Crippen LogP contribution in [-0.2, 0) is 16.0 Å². The lowest BCUT2D eigenvalue weighted by atomic mass is 10.1. The van der Waals surface area contributed by atoms with Crippen molar-refractivity contribution >= 4 is 17.3 Å². The maximum Gasteiger partial charge on any atom is 0.228 e. The molecule has 1 heterocycles. The van der Waals surface area contributed by atoms with Crippen LogP contribution in [0.2, 0.25) is 0 Å². The highest BCUT2D eigenvalue weighted by molar-refractivity contribution is 5.93. The lowest BCUT2D eigenvalue weighted by molar-refractivity contribution is -0.115. The standard InChI is InChI=1S/C20H24N2O4/c1-24-17-7-8-18(19(14-17)25-2)21-20(23)13-15-3-5-16(6-4-15)22-9-11-26-12-10-22/h3-8,14H,9-13H2,1-2H3,(H,21,23). The zero-order valence-corrected chi connectivity index (χ0v) is 15.2. The monoisotopic (exact) mass is 356 g/mol. The predicted octanol–water partition coefficient (Wildman–Crippen LogP) is 2.72. The molecule has 2 aromatic rings. The number of hydrogen-bond donors (Lipinski definition) is 1. The Morgan fingerprint density at radius 3 is 2.46 bits per heavy atom. The zero-order chi connectivity index (χ0) is 18.4. The molecule has 1 fully saturated rings. The zero-order valence-electron chi connectivity index (χ0n) is 15.2. The van der Waals surface area contributed by atoms with Gasteiger partial charge in [0.1, 0.15) is 11.5 Å². The average Bonchev–Trinajstić information content (AvgIpc) is 2.69. The highest BCUT2D eigenvalue weighted by Gasteiger charge is 2.12. The Kier molecular flexibility index (Phi) is 5.96. The van der Waals surface area contributed by atoms with Crippen molar-refractivity contribution in [3.63, 3.8) is 0 Å². The number of rotatable bonds is 6. The molecule has 1 N–H and O–H groups in total. The summed E-state index contributed by atoms with van der Waals surface area (Å²) in [6, 6.07) is 13.4. The molecule has 0 unspecified atom stereocenters. The normalized spacial score (nSPS) is 14.0. The molecule has 26 heavy (non-hydrogen) atoms. The molecule has 0 spiro atoms. The van der Waals surface area contributed by atoms with Gasteiger partial charge in [0.15, 0.2) is 0 Å². The number of anilines is 2. The second-order valence-electron chi connectivity index (χ2n) is 6.06. The summed E-state index contributed by atoms with van der Waals surface area (Å²) < 4.78 is 15.9.